The maximum Gasteiger partial charge on any atom is 0.244 e. The first-order valence-electron chi connectivity index (χ1n) is 11.5. The van der Waals surface area contributed by atoms with E-state index in [2.05, 4.69) is 5.32 Å². The van der Waals surface area contributed by atoms with Crippen molar-refractivity contribution in [3.63, 3.8) is 0 Å². The molecule has 0 heterocycles. The zero-order valence-electron chi connectivity index (χ0n) is 20.8. The van der Waals surface area contributed by atoms with Crippen molar-refractivity contribution in [1.29, 1.82) is 0 Å². The van der Waals surface area contributed by atoms with E-state index in [1.165, 1.54) is 12.0 Å². The molecular weight excluding hydrogens is 490 g/mol. The van der Waals surface area contributed by atoms with Crippen LogP contribution in [0.25, 0.3) is 0 Å². The Balaban J connectivity index is 2.44. The third kappa shape index (κ3) is 7.86. The summed E-state index contributed by atoms with van der Waals surface area (Å²) in [5.41, 5.74) is 0.976. The number of carbonyl (C=O) groups excluding carboxylic acids is 2. The van der Waals surface area contributed by atoms with Crippen molar-refractivity contribution in [2.24, 2.45) is 0 Å². The van der Waals surface area contributed by atoms with Gasteiger partial charge in [0.15, 0.2) is 0 Å². The van der Waals surface area contributed by atoms with Crippen molar-refractivity contribution in [2.75, 3.05) is 24.2 Å². The van der Waals surface area contributed by atoms with Crippen LogP contribution < -0.4 is 14.4 Å². The van der Waals surface area contributed by atoms with E-state index >= 15 is 0 Å². The van der Waals surface area contributed by atoms with Gasteiger partial charge < -0.3 is 15.0 Å². The third-order valence-electron chi connectivity index (χ3n) is 5.73. The fourth-order valence-corrected chi connectivity index (χ4v) is 4.58. The summed E-state index contributed by atoms with van der Waals surface area (Å²) >= 11 is 6.35. The largest absolute Gasteiger partial charge is 0.497 e. The minimum Gasteiger partial charge on any atom is -0.497 e. The highest BCUT2D eigenvalue weighted by Crippen LogP contribution is 2.24. The number of anilines is 1. The van der Waals surface area contributed by atoms with Crippen LogP contribution in [0.15, 0.2) is 48.5 Å². The number of nitrogens with zero attached hydrogens (tertiary/aromatic N) is 2. The molecule has 0 aliphatic heterocycles. The minimum atomic E-state index is -3.80. The van der Waals surface area contributed by atoms with Crippen molar-refractivity contribution < 1.29 is 22.7 Å². The van der Waals surface area contributed by atoms with Crippen molar-refractivity contribution in [3.8, 4) is 5.75 Å². The van der Waals surface area contributed by atoms with Crippen LogP contribution in [0, 0.1) is 0 Å². The molecule has 192 valence electrons. The predicted octanol–water partition coefficient (Wildman–Crippen LogP) is 3.84. The Morgan fingerprint density at radius 2 is 1.69 bits per heavy atom. The van der Waals surface area contributed by atoms with E-state index in [4.69, 9.17) is 16.3 Å². The van der Waals surface area contributed by atoms with Crippen LogP contribution >= 0.6 is 11.6 Å². The quantitative estimate of drug-likeness (QED) is 0.456. The Kier molecular flexibility index (Phi) is 10.4. The van der Waals surface area contributed by atoms with Gasteiger partial charge >= 0.3 is 0 Å². The lowest BCUT2D eigenvalue weighted by Gasteiger charge is -2.33. The number of methoxy groups -OCH3 is 1. The number of amides is 2. The lowest BCUT2D eigenvalue weighted by Crippen LogP contribution is -2.53. The highest BCUT2D eigenvalue weighted by molar-refractivity contribution is 7.92. The number of ether oxygens (including phenoxy) is 1. The van der Waals surface area contributed by atoms with Gasteiger partial charge in [-0.1, -0.05) is 43.6 Å². The van der Waals surface area contributed by atoms with E-state index in [1.54, 1.807) is 48.5 Å². The van der Waals surface area contributed by atoms with Crippen LogP contribution in [0.5, 0.6) is 5.75 Å². The predicted molar refractivity (Wildman–Crippen MR) is 139 cm³/mol. The van der Waals surface area contributed by atoms with Gasteiger partial charge in [-0.3, -0.25) is 13.9 Å². The molecule has 0 aliphatic rings. The van der Waals surface area contributed by atoms with Gasteiger partial charge in [-0.25, -0.2) is 8.42 Å². The molecule has 1 N–H and O–H groups in total. The molecule has 0 radical (unpaired) electrons. The molecule has 2 aromatic rings. The van der Waals surface area contributed by atoms with Crippen molar-refractivity contribution >= 4 is 39.1 Å². The summed E-state index contributed by atoms with van der Waals surface area (Å²) in [4.78, 5) is 28.2. The normalized spacial score (nSPS) is 13.0. The lowest BCUT2D eigenvalue weighted by atomic mass is 10.1. The first-order chi connectivity index (χ1) is 16.5. The monoisotopic (exact) mass is 523 g/mol. The molecule has 2 unspecified atom stereocenters. The second-order valence-electron chi connectivity index (χ2n) is 8.32. The summed E-state index contributed by atoms with van der Waals surface area (Å²) in [5, 5.41) is 3.39. The van der Waals surface area contributed by atoms with E-state index in [1.807, 2.05) is 20.8 Å². The summed E-state index contributed by atoms with van der Waals surface area (Å²) in [5.74, 6) is -0.253. The molecule has 0 bridgehead atoms. The van der Waals surface area contributed by atoms with Crippen molar-refractivity contribution in [2.45, 2.75) is 52.2 Å². The highest BCUT2D eigenvalue weighted by Gasteiger charge is 2.32. The summed E-state index contributed by atoms with van der Waals surface area (Å²) in [6.07, 6.45) is 2.12. The van der Waals surface area contributed by atoms with Crippen molar-refractivity contribution in [3.05, 3.63) is 59.1 Å². The number of hydrogen-bond acceptors (Lipinski definition) is 5. The molecule has 0 aliphatic carbocycles. The maximum atomic E-state index is 13.6. The summed E-state index contributed by atoms with van der Waals surface area (Å²) < 4.78 is 31.4. The van der Waals surface area contributed by atoms with E-state index in [9.17, 15) is 18.0 Å². The summed E-state index contributed by atoms with van der Waals surface area (Å²) in [6, 6.07) is 12.6. The number of hydrogen-bond donors (Lipinski definition) is 1. The number of benzene rings is 2. The zero-order chi connectivity index (χ0) is 26.2. The second kappa shape index (κ2) is 12.8. The number of rotatable bonds is 12. The molecule has 0 saturated carbocycles. The first-order valence-corrected chi connectivity index (χ1v) is 13.7. The number of sulfonamides is 1. The van der Waals surface area contributed by atoms with Gasteiger partial charge in [-0.2, -0.15) is 0 Å². The van der Waals surface area contributed by atoms with Crippen LogP contribution in [0.4, 0.5) is 5.69 Å². The summed E-state index contributed by atoms with van der Waals surface area (Å²) in [7, 11) is -2.30. The van der Waals surface area contributed by atoms with Crippen molar-refractivity contribution in [1.82, 2.24) is 10.2 Å². The minimum absolute atomic E-state index is 0.0607. The summed E-state index contributed by atoms with van der Waals surface area (Å²) in [6.45, 7) is 5.25. The molecule has 8 nitrogen and oxygen atoms in total. The van der Waals surface area contributed by atoms with Crippen LogP contribution in [0.3, 0.4) is 0 Å². The Morgan fingerprint density at radius 1 is 1.06 bits per heavy atom. The molecule has 35 heavy (non-hydrogen) atoms. The zero-order valence-corrected chi connectivity index (χ0v) is 22.4. The molecule has 10 heteroatoms. The fourth-order valence-electron chi connectivity index (χ4n) is 3.53. The molecule has 2 rings (SSSR count). The van der Waals surface area contributed by atoms with Gasteiger partial charge in [0.25, 0.3) is 0 Å². The Morgan fingerprint density at radius 3 is 2.20 bits per heavy atom. The van der Waals surface area contributed by atoms with E-state index in [-0.39, 0.29) is 18.5 Å². The average Bonchev–Trinajstić information content (AvgIpc) is 2.82. The van der Waals surface area contributed by atoms with Gasteiger partial charge in [-0.15, -0.1) is 0 Å². The van der Waals surface area contributed by atoms with Crippen LogP contribution in [0.2, 0.25) is 5.02 Å². The van der Waals surface area contributed by atoms with Crippen LogP contribution in [-0.2, 0) is 26.2 Å². The highest BCUT2D eigenvalue weighted by atomic mass is 35.5. The molecule has 0 spiro atoms. The smallest absolute Gasteiger partial charge is 0.244 e. The molecule has 0 fully saturated rings. The molecule has 2 aromatic carbocycles. The van der Waals surface area contributed by atoms with Gasteiger partial charge in [0.05, 0.1) is 19.1 Å². The SMILES string of the molecule is CCC(C)NC(=O)C(CC)N(Cc1ccccc1Cl)C(=O)CN(c1ccc(OC)cc1)S(C)(=O)=O. The number of nitrogens with one attached hydrogen (secondary N) is 1. The van der Waals surface area contributed by atoms with Gasteiger partial charge in [0, 0.05) is 17.6 Å². The molecule has 2 amide bonds. The Hall–Kier alpha value is -2.78. The lowest BCUT2D eigenvalue weighted by molar-refractivity contribution is -0.140. The molecule has 0 saturated heterocycles. The molecule has 2 atom stereocenters. The number of halogens is 1. The van der Waals surface area contributed by atoms with Crippen LogP contribution in [0.1, 0.15) is 39.2 Å². The average molecular weight is 524 g/mol. The molecule has 0 aromatic heterocycles. The molecular formula is C25H34ClN3O5S. The fraction of sp³-hybridized carbons (Fsp3) is 0.440. The Bertz CT molecular complexity index is 1110. The first kappa shape index (κ1) is 28.5. The van der Waals surface area contributed by atoms with Gasteiger partial charge in [-0.05, 0) is 55.7 Å². The topological polar surface area (TPSA) is 96.0 Å². The third-order valence-corrected chi connectivity index (χ3v) is 7.23. The van der Waals surface area contributed by atoms with Gasteiger partial charge in [0.2, 0.25) is 21.8 Å². The van der Waals surface area contributed by atoms with E-state index in [0.29, 0.717) is 28.4 Å². The van der Waals surface area contributed by atoms with E-state index in [0.717, 1.165) is 17.0 Å². The standard InChI is InChI=1S/C25H34ClN3O5S/c1-6-18(3)27-25(31)23(7-2)28(16-19-10-8-9-11-22(19)26)24(30)17-29(35(5,32)33)20-12-14-21(34-4)15-13-20/h8-15,18,23H,6-7,16-17H2,1-5H3,(H,27,31). The maximum absolute atomic E-state index is 13.6. The van der Waals surface area contributed by atoms with Gasteiger partial charge in [0.1, 0.15) is 18.3 Å². The van der Waals surface area contributed by atoms with Crippen LogP contribution in [-0.4, -0.2) is 57.1 Å². The Labute approximate surface area is 213 Å². The number of carbonyl (C=O) groups is 2. The second-order valence-corrected chi connectivity index (χ2v) is 10.6. The van der Waals surface area contributed by atoms with E-state index < -0.39 is 28.5 Å².